The highest BCUT2D eigenvalue weighted by Crippen LogP contribution is 2.07. The van der Waals surface area contributed by atoms with Crippen LogP contribution in [0.3, 0.4) is 0 Å². The van der Waals surface area contributed by atoms with Crippen LogP contribution in [0.5, 0.6) is 0 Å². The van der Waals surface area contributed by atoms with Crippen LogP contribution in [0.25, 0.3) is 0 Å². The van der Waals surface area contributed by atoms with E-state index < -0.39 is 6.09 Å². The van der Waals surface area contributed by atoms with Crippen molar-refractivity contribution in [1.29, 1.82) is 0 Å². The Morgan fingerprint density at radius 2 is 2.38 bits per heavy atom. The number of rotatable bonds is 6. The van der Waals surface area contributed by atoms with Crippen LogP contribution in [0.4, 0.5) is 10.5 Å². The van der Waals surface area contributed by atoms with Crippen LogP contribution >= 0.6 is 0 Å². The summed E-state index contributed by atoms with van der Waals surface area (Å²) in [6.45, 7) is 2.01. The molecule has 6 heteroatoms. The van der Waals surface area contributed by atoms with E-state index in [4.69, 9.17) is 9.84 Å². The van der Waals surface area contributed by atoms with E-state index in [1.54, 1.807) is 19.4 Å². The molecule has 0 saturated carbocycles. The zero-order chi connectivity index (χ0) is 11.8. The fraction of sp³-hybridized carbons (Fsp3) is 0.400. The summed E-state index contributed by atoms with van der Waals surface area (Å²) in [4.78, 5) is 14.3. The van der Waals surface area contributed by atoms with E-state index in [1.807, 2.05) is 0 Å². The van der Waals surface area contributed by atoms with Crippen LogP contribution < -0.4 is 10.6 Å². The van der Waals surface area contributed by atoms with Gasteiger partial charge in [0.05, 0.1) is 18.5 Å². The molecule has 0 aromatic carbocycles. The molecule has 0 bridgehead atoms. The average Bonchev–Trinajstić information content (AvgIpc) is 2.24. The molecule has 0 aliphatic heterocycles. The molecule has 0 atom stereocenters. The molecule has 6 nitrogen and oxygen atoms in total. The van der Waals surface area contributed by atoms with E-state index in [-0.39, 0.29) is 0 Å². The van der Waals surface area contributed by atoms with Crippen molar-refractivity contribution in [3.63, 3.8) is 0 Å². The van der Waals surface area contributed by atoms with Crippen molar-refractivity contribution in [3.8, 4) is 0 Å². The normalized spacial score (nSPS) is 10.1. The molecule has 0 saturated heterocycles. The molecule has 1 aromatic rings. The fourth-order valence-electron chi connectivity index (χ4n) is 1.18. The lowest BCUT2D eigenvalue weighted by atomic mass is 10.2. The van der Waals surface area contributed by atoms with Gasteiger partial charge < -0.3 is 15.2 Å². The van der Waals surface area contributed by atoms with Crippen molar-refractivity contribution in [2.24, 2.45) is 0 Å². The lowest BCUT2D eigenvalue weighted by Crippen LogP contribution is -2.18. The Morgan fingerprint density at radius 3 is 3.06 bits per heavy atom. The van der Waals surface area contributed by atoms with Crippen LogP contribution in [0.15, 0.2) is 18.5 Å². The fourth-order valence-corrected chi connectivity index (χ4v) is 1.18. The number of hydrogen-bond donors (Lipinski definition) is 3. The van der Waals surface area contributed by atoms with Gasteiger partial charge in [-0.1, -0.05) is 0 Å². The number of carbonyl (C=O) groups is 1. The molecular weight excluding hydrogens is 210 g/mol. The van der Waals surface area contributed by atoms with Crippen molar-refractivity contribution in [3.05, 3.63) is 24.0 Å². The minimum Gasteiger partial charge on any atom is -0.465 e. The molecule has 0 radical (unpaired) electrons. The summed E-state index contributed by atoms with van der Waals surface area (Å²) in [5, 5.41) is 13.9. The lowest BCUT2D eigenvalue weighted by molar-refractivity contribution is 0.199. The van der Waals surface area contributed by atoms with E-state index in [1.165, 1.54) is 6.20 Å². The third-order valence-electron chi connectivity index (χ3n) is 1.86. The lowest BCUT2D eigenvalue weighted by Gasteiger charge is -2.05. The number of ether oxygens (including phenoxy) is 1. The second kappa shape index (κ2) is 6.76. The van der Waals surface area contributed by atoms with Crippen LogP contribution in [0.1, 0.15) is 5.56 Å². The van der Waals surface area contributed by atoms with Crippen LogP contribution in [-0.2, 0) is 11.3 Å². The number of pyridine rings is 1. The van der Waals surface area contributed by atoms with Crippen molar-refractivity contribution in [2.75, 3.05) is 25.6 Å². The summed E-state index contributed by atoms with van der Waals surface area (Å²) in [5.74, 6) is 0. The van der Waals surface area contributed by atoms with Gasteiger partial charge in [-0.15, -0.1) is 0 Å². The number of carboxylic acid groups (broad SMARTS) is 1. The summed E-state index contributed by atoms with van der Waals surface area (Å²) in [5.41, 5.74) is 1.39. The molecule has 0 fully saturated rings. The van der Waals surface area contributed by atoms with Gasteiger partial charge >= 0.3 is 6.09 Å². The molecule has 1 aromatic heterocycles. The Labute approximate surface area is 93.6 Å². The smallest absolute Gasteiger partial charge is 0.409 e. The monoisotopic (exact) mass is 225 g/mol. The molecule has 1 heterocycles. The third kappa shape index (κ3) is 4.72. The number of nitrogens with one attached hydrogen (secondary N) is 2. The molecule has 0 aliphatic rings. The first kappa shape index (κ1) is 12.4. The first-order chi connectivity index (χ1) is 7.72. The highest BCUT2D eigenvalue weighted by atomic mass is 16.5. The molecule has 0 aliphatic carbocycles. The van der Waals surface area contributed by atoms with E-state index in [0.717, 1.165) is 12.1 Å². The van der Waals surface area contributed by atoms with Gasteiger partial charge in [0.2, 0.25) is 0 Å². The number of amides is 1. The number of nitrogens with zero attached hydrogens (tertiary/aromatic N) is 1. The van der Waals surface area contributed by atoms with Gasteiger partial charge in [-0.3, -0.25) is 10.3 Å². The average molecular weight is 225 g/mol. The summed E-state index contributed by atoms with van der Waals surface area (Å²) < 4.78 is 4.89. The molecule has 1 amide bonds. The first-order valence-corrected chi connectivity index (χ1v) is 4.86. The van der Waals surface area contributed by atoms with Gasteiger partial charge in [0.25, 0.3) is 0 Å². The minimum atomic E-state index is -1.09. The van der Waals surface area contributed by atoms with Gasteiger partial charge in [-0.05, 0) is 11.6 Å². The summed E-state index contributed by atoms with van der Waals surface area (Å²) in [7, 11) is 1.64. The molecular formula is C10H15N3O3. The van der Waals surface area contributed by atoms with Crippen LogP contribution in [-0.4, -0.2) is 36.4 Å². The van der Waals surface area contributed by atoms with Gasteiger partial charge in [0, 0.05) is 26.4 Å². The Bertz CT molecular complexity index is 344. The number of aromatic nitrogens is 1. The zero-order valence-electron chi connectivity index (χ0n) is 9.06. The Balaban J connectivity index is 2.44. The maximum Gasteiger partial charge on any atom is 0.409 e. The van der Waals surface area contributed by atoms with E-state index in [9.17, 15) is 4.79 Å². The Kier molecular flexibility index (Phi) is 5.24. The van der Waals surface area contributed by atoms with Crippen molar-refractivity contribution in [1.82, 2.24) is 10.3 Å². The maximum absolute atomic E-state index is 10.4. The zero-order valence-corrected chi connectivity index (χ0v) is 9.06. The third-order valence-corrected chi connectivity index (χ3v) is 1.86. The minimum absolute atomic E-state index is 0.471. The van der Waals surface area contributed by atoms with Crippen LogP contribution in [0.2, 0.25) is 0 Å². The van der Waals surface area contributed by atoms with Crippen molar-refractivity contribution >= 4 is 11.8 Å². The summed E-state index contributed by atoms with van der Waals surface area (Å²) in [6, 6.07) is 1.74. The molecule has 16 heavy (non-hydrogen) atoms. The second-order valence-corrected chi connectivity index (χ2v) is 3.18. The van der Waals surface area contributed by atoms with Crippen molar-refractivity contribution < 1.29 is 14.6 Å². The quantitative estimate of drug-likeness (QED) is 0.627. The standard InChI is InChI=1S/C10H15N3O3/c1-16-3-2-11-5-8-4-9(7-12-6-8)13-10(14)15/h4,6-7,11,13H,2-3,5H2,1H3,(H,14,15). The van der Waals surface area contributed by atoms with E-state index >= 15 is 0 Å². The van der Waals surface area contributed by atoms with Crippen molar-refractivity contribution in [2.45, 2.75) is 6.54 Å². The van der Waals surface area contributed by atoms with Gasteiger partial charge in [0.15, 0.2) is 0 Å². The predicted molar refractivity (Wildman–Crippen MR) is 59.5 cm³/mol. The molecule has 3 N–H and O–H groups in total. The van der Waals surface area contributed by atoms with Gasteiger partial charge in [-0.25, -0.2) is 4.79 Å². The molecule has 0 unspecified atom stereocenters. The van der Waals surface area contributed by atoms with Crippen LogP contribution in [0, 0.1) is 0 Å². The Morgan fingerprint density at radius 1 is 1.56 bits per heavy atom. The van der Waals surface area contributed by atoms with E-state index in [0.29, 0.717) is 18.8 Å². The van der Waals surface area contributed by atoms with Gasteiger partial charge in [-0.2, -0.15) is 0 Å². The summed E-state index contributed by atoms with van der Waals surface area (Å²) in [6.07, 6.45) is 2.06. The van der Waals surface area contributed by atoms with E-state index in [2.05, 4.69) is 15.6 Å². The van der Waals surface area contributed by atoms with Gasteiger partial charge in [0.1, 0.15) is 0 Å². The molecule has 0 spiro atoms. The Hall–Kier alpha value is -1.66. The SMILES string of the molecule is COCCNCc1cncc(NC(=O)O)c1. The predicted octanol–water partition coefficient (Wildman–Crippen LogP) is 0.907. The summed E-state index contributed by atoms with van der Waals surface area (Å²) >= 11 is 0. The highest BCUT2D eigenvalue weighted by molar-refractivity contribution is 5.82. The first-order valence-electron chi connectivity index (χ1n) is 4.86. The molecule has 1 rings (SSSR count). The largest absolute Gasteiger partial charge is 0.465 e. The number of methoxy groups -OCH3 is 1. The maximum atomic E-state index is 10.4. The number of anilines is 1. The number of hydrogen-bond acceptors (Lipinski definition) is 4. The topological polar surface area (TPSA) is 83.5 Å². The molecule has 88 valence electrons. The second-order valence-electron chi connectivity index (χ2n) is 3.18. The highest BCUT2D eigenvalue weighted by Gasteiger charge is 1.99.